The molecule has 3 nitrogen and oxygen atoms in total. The minimum Gasteiger partial charge on any atom is -0.456 e. The first-order chi connectivity index (χ1) is 9.51. The molecule has 2 aromatic carbocycles. The maximum Gasteiger partial charge on any atom is 0.163 e. The Morgan fingerprint density at radius 2 is 1.90 bits per heavy atom. The predicted octanol–water partition coefficient (Wildman–Crippen LogP) is 3.83. The SMILES string of the molecule is CC(=O)c1ccc(C#N)cc1Oc1ccc(F)c(F)c1. The molecule has 2 rings (SSSR count). The summed E-state index contributed by atoms with van der Waals surface area (Å²) in [5.41, 5.74) is 0.557. The van der Waals surface area contributed by atoms with E-state index in [-0.39, 0.29) is 22.8 Å². The molecule has 0 radical (unpaired) electrons. The summed E-state index contributed by atoms with van der Waals surface area (Å²) < 4.78 is 31.3. The third-order valence-corrected chi connectivity index (χ3v) is 2.61. The first-order valence-corrected chi connectivity index (χ1v) is 5.69. The standard InChI is InChI=1S/C15H9F2NO2/c1-9(19)12-4-2-10(8-18)6-15(12)20-11-3-5-13(16)14(17)7-11/h2-7H,1H3. The van der Waals surface area contributed by atoms with Gasteiger partial charge >= 0.3 is 0 Å². The molecule has 0 unspecified atom stereocenters. The topological polar surface area (TPSA) is 50.1 Å². The predicted molar refractivity (Wildman–Crippen MR) is 67.6 cm³/mol. The summed E-state index contributed by atoms with van der Waals surface area (Å²) in [6.07, 6.45) is 0. The molecule has 0 N–H and O–H groups in total. The number of benzene rings is 2. The molecule has 0 spiro atoms. The molecule has 0 atom stereocenters. The van der Waals surface area contributed by atoms with Crippen molar-refractivity contribution < 1.29 is 18.3 Å². The van der Waals surface area contributed by atoms with Crippen LogP contribution in [0, 0.1) is 23.0 Å². The fraction of sp³-hybridized carbons (Fsp3) is 0.0667. The fourth-order valence-electron chi connectivity index (χ4n) is 1.63. The Labute approximate surface area is 114 Å². The number of rotatable bonds is 3. The third kappa shape index (κ3) is 2.81. The summed E-state index contributed by atoms with van der Waals surface area (Å²) in [6.45, 7) is 1.35. The zero-order valence-electron chi connectivity index (χ0n) is 10.5. The van der Waals surface area contributed by atoms with E-state index in [2.05, 4.69) is 0 Å². The van der Waals surface area contributed by atoms with Gasteiger partial charge in [-0.25, -0.2) is 8.78 Å². The normalized spacial score (nSPS) is 9.90. The van der Waals surface area contributed by atoms with Crippen LogP contribution in [0.3, 0.4) is 0 Å². The van der Waals surface area contributed by atoms with Gasteiger partial charge in [-0.05, 0) is 37.3 Å². The number of hydrogen-bond acceptors (Lipinski definition) is 3. The maximum absolute atomic E-state index is 13.1. The van der Waals surface area contributed by atoms with Crippen molar-refractivity contribution in [1.82, 2.24) is 0 Å². The number of ether oxygens (including phenoxy) is 1. The molecule has 100 valence electrons. The first-order valence-electron chi connectivity index (χ1n) is 5.69. The number of nitriles is 1. The number of carbonyl (C=O) groups is 1. The molecule has 2 aromatic rings. The van der Waals surface area contributed by atoms with Crippen molar-refractivity contribution in [3.8, 4) is 17.6 Å². The van der Waals surface area contributed by atoms with E-state index < -0.39 is 11.6 Å². The van der Waals surface area contributed by atoms with E-state index in [1.54, 1.807) is 0 Å². The molecule has 0 aliphatic rings. The molecular formula is C15H9F2NO2. The van der Waals surface area contributed by atoms with E-state index in [0.717, 1.165) is 12.1 Å². The number of hydrogen-bond donors (Lipinski definition) is 0. The lowest BCUT2D eigenvalue weighted by Gasteiger charge is -2.10. The highest BCUT2D eigenvalue weighted by molar-refractivity contribution is 5.97. The van der Waals surface area contributed by atoms with Crippen molar-refractivity contribution in [2.75, 3.05) is 0 Å². The van der Waals surface area contributed by atoms with Gasteiger partial charge in [-0.1, -0.05) is 0 Å². The van der Waals surface area contributed by atoms with Gasteiger partial charge in [-0.2, -0.15) is 5.26 Å². The lowest BCUT2D eigenvalue weighted by molar-refractivity contribution is 0.101. The van der Waals surface area contributed by atoms with Crippen LogP contribution in [0.5, 0.6) is 11.5 Å². The lowest BCUT2D eigenvalue weighted by atomic mass is 10.1. The molecular weight excluding hydrogens is 264 g/mol. The van der Waals surface area contributed by atoms with Crippen LogP contribution in [-0.2, 0) is 0 Å². The zero-order valence-corrected chi connectivity index (χ0v) is 10.5. The summed E-state index contributed by atoms with van der Waals surface area (Å²) in [5.74, 6) is -2.13. The number of Topliss-reactive ketones (excluding diaryl/α,β-unsaturated/α-hetero) is 1. The molecule has 0 fully saturated rings. The highest BCUT2D eigenvalue weighted by Crippen LogP contribution is 2.28. The van der Waals surface area contributed by atoms with Gasteiger partial charge in [0.1, 0.15) is 11.5 Å². The zero-order chi connectivity index (χ0) is 14.7. The second kappa shape index (κ2) is 5.49. The Balaban J connectivity index is 2.43. The monoisotopic (exact) mass is 273 g/mol. The molecule has 0 saturated heterocycles. The average molecular weight is 273 g/mol. The third-order valence-electron chi connectivity index (χ3n) is 2.61. The highest BCUT2D eigenvalue weighted by atomic mass is 19.2. The van der Waals surface area contributed by atoms with Crippen LogP contribution < -0.4 is 4.74 Å². The second-order valence-corrected chi connectivity index (χ2v) is 4.06. The van der Waals surface area contributed by atoms with Crippen molar-refractivity contribution >= 4 is 5.78 Å². The highest BCUT2D eigenvalue weighted by Gasteiger charge is 2.12. The Bertz CT molecular complexity index is 720. The molecule has 0 aliphatic heterocycles. The molecule has 0 amide bonds. The van der Waals surface area contributed by atoms with Gasteiger partial charge in [-0.3, -0.25) is 4.79 Å². The van der Waals surface area contributed by atoms with Crippen LogP contribution in [0.1, 0.15) is 22.8 Å². The van der Waals surface area contributed by atoms with Crippen LogP contribution in [0.25, 0.3) is 0 Å². The molecule has 5 heteroatoms. The van der Waals surface area contributed by atoms with Crippen molar-refractivity contribution in [1.29, 1.82) is 5.26 Å². The molecule has 0 aliphatic carbocycles. The Hall–Kier alpha value is -2.74. The van der Waals surface area contributed by atoms with E-state index in [4.69, 9.17) is 10.00 Å². The Kier molecular flexibility index (Phi) is 3.76. The number of halogens is 2. The van der Waals surface area contributed by atoms with E-state index in [9.17, 15) is 13.6 Å². The van der Waals surface area contributed by atoms with Crippen LogP contribution in [0.4, 0.5) is 8.78 Å². The van der Waals surface area contributed by atoms with Crippen molar-refractivity contribution in [2.24, 2.45) is 0 Å². The number of nitrogens with zero attached hydrogens (tertiary/aromatic N) is 1. The van der Waals surface area contributed by atoms with Gasteiger partial charge in [0.25, 0.3) is 0 Å². The Morgan fingerprint density at radius 1 is 1.15 bits per heavy atom. The summed E-state index contributed by atoms with van der Waals surface area (Å²) in [7, 11) is 0. The van der Waals surface area contributed by atoms with E-state index in [0.29, 0.717) is 5.56 Å². The lowest BCUT2D eigenvalue weighted by Crippen LogP contribution is -1.98. The van der Waals surface area contributed by atoms with Gasteiger partial charge < -0.3 is 4.74 Å². The summed E-state index contributed by atoms with van der Waals surface area (Å²) in [4.78, 5) is 11.5. The van der Waals surface area contributed by atoms with Crippen molar-refractivity contribution in [3.05, 3.63) is 59.2 Å². The van der Waals surface area contributed by atoms with Gasteiger partial charge in [0.05, 0.1) is 17.2 Å². The summed E-state index contributed by atoms with van der Waals surface area (Å²) in [5, 5.41) is 8.84. The number of ketones is 1. The first kappa shape index (κ1) is 13.7. The smallest absolute Gasteiger partial charge is 0.163 e. The van der Waals surface area contributed by atoms with Gasteiger partial charge in [0.2, 0.25) is 0 Å². The van der Waals surface area contributed by atoms with E-state index >= 15 is 0 Å². The van der Waals surface area contributed by atoms with Gasteiger partial charge in [-0.15, -0.1) is 0 Å². The van der Waals surface area contributed by atoms with Crippen LogP contribution in [0.15, 0.2) is 36.4 Å². The summed E-state index contributed by atoms with van der Waals surface area (Å²) >= 11 is 0. The maximum atomic E-state index is 13.1. The van der Waals surface area contributed by atoms with Crippen LogP contribution >= 0.6 is 0 Å². The van der Waals surface area contributed by atoms with Gasteiger partial charge in [0.15, 0.2) is 17.4 Å². The van der Waals surface area contributed by atoms with E-state index in [1.807, 2.05) is 6.07 Å². The van der Waals surface area contributed by atoms with Crippen molar-refractivity contribution in [2.45, 2.75) is 6.92 Å². The van der Waals surface area contributed by atoms with Crippen LogP contribution in [0.2, 0.25) is 0 Å². The molecule has 0 bridgehead atoms. The van der Waals surface area contributed by atoms with Gasteiger partial charge in [0, 0.05) is 6.07 Å². The molecule has 0 aromatic heterocycles. The summed E-state index contributed by atoms with van der Waals surface area (Å²) in [6, 6.07) is 9.26. The fourth-order valence-corrected chi connectivity index (χ4v) is 1.63. The van der Waals surface area contributed by atoms with Crippen LogP contribution in [-0.4, -0.2) is 5.78 Å². The van der Waals surface area contributed by atoms with Crippen molar-refractivity contribution in [3.63, 3.8) is 0 Å². The minimum atomic E-state index is -1.05. The Morgan fingerprint density at radius 3 is 2.50 bits per heavy atom. The second-order valence-electron chi connectivity index (χ2n) is 4.06. The molecule has 20 heavy (non-hydrogen) atoms. The molecule has 0 heterocycles. The quantitative estimate of drug-likeness (QED) is 0.798. The average Bonchev–Trinajstić information content (AvgIpc) is 2.42. The minimum absolute atomic E-state index is 0.0430. The number of carbonyl (C=O) groups excluding carboxylic acids is 1. The molecule has 0 saturated carbocycles. The largest absolute Gasteiger partial charge is 0.456 e. The van der Waals surface area contributed by atoms with E-state index in [1.165, 1.54) is 31.2 Å².